The zero-order valence-electron chi connectivity index (χ0n) is 17.1. The van der Waals surface area contributed by atoms with E-state index in [9.17, 15) is 9.59 Å². The van der Waals surface area contributed by atoms with E-state index in [0.29, 0.717) is 31.0 Å². The molecule has 1 aromatic carbocycles. The second-order valence-corrected chi connectivity index (χ2v) is 8.24. The first-order valence-electron chi connectivity index (χ1n) is 9.91. The van der Waals surface area contributed by atoms with Gasteiger partial charge in [-0.3, -0.25) is 4.79 Å². The molecular weight excluding hydrogens is 366 g/mol. The Bertz CT molecular complexity index is 927. The average molecular weight is 393 g/mol. The first-order chi connectivity index (χ1) is 13.9. The van der Waals surface area contributed by atoms with Crippen molar-refractivity contribution >= 4 is 17.8 Å². The Labute approximate surface area is 171 Å². The minimum Gasteiger partial charge on any atom is -0.384 e. The number of rotatable bonds is 2. The van der Waals surface area contributed by atoms with Gasteiger partial charge in [0.05, 0.1) is 11.6 Å². The molecule has 2 N–H and O–H groups in total. The fraction of sp³-hybridized carbons (Fsp3) is 0.409. The first-order valence-corrected chi connectivity index (χ1v) is 9.91. The Morgan fingerprint density at radius 2 is 1.86 bits per heavy atom. The molecule has 2 fully saturated rings. The summed E-state index contributed by atoms with van der Waals surface area (Å²) in [5.41, 5.74) is 8.53. The van der Waals surface area contributed by atoms with E-state index in [1.807, 2.05) is 21.9 Å². The lowest BCUT2D eigenvalue weighted by Crippen LogP contribution is -2.42. The number of likely N-dealkylation sites (tertiary alicyclic amines) is 2. The zero-order valence-corrected chi connectivity index (χ0v) is 17.1. The number of hydrogen-bond donors (Lipinski definition) is 1. The van der Waals surface area contributed by atoms with Crippen LogP contribution >= 0.6 is 0 Å². The van der Waals surface area contributed by atoms with Crippen LogP contribution in [0.4, 0.5) is 10.6 Å². The van der Waals surface area contributed by atoms with E-state index in [2.05, 4.69) is 24.0 Å². The zero-order chi connectivity index (χ0) is 20.7. The summed E-state index contributed by atoms with van der Waals surface area (Å²) in [5, 5.41) is 0. The molecule has 29 heavy (non-hydrogen) atoms. The molecule has 0 saturated carbocycles. The van der Waals surface area contributed by atoms with Crippen LogP contribution in [-0.2, 0) is 0 Å². The molecule has 0 bridgehead atoms. The van der Waals surface area contributed by atoms with E-state index >= 15 is 0 Å². The third-order valence-corrected chi connectivity index (χ3v) is 6.12. The number of benzene rings is 1. The highest BCUT2D eigenvalue weighted by Gasteiger charge is 2.50. The van der Waals surface area contributed by atoms with Crippen molar-refractivity contribution in [2.45, 2.75) is 13.0 Å². The molecule has 152 valence electrons. The van der Waals surface area contributed by atoms with Crippen molar-refractivity contribution < 1.29 is 9.59 Å². The summed E-state index contributed by atoms with van der Waals surface area (Å²) >= 11 is 0. The van der Waals surface area contributed by atoms with Gasteiger partial charge in [0.1, 0.15) is 5.82 Å². The fourth-order valence-corrected chi connectivity index (χ4v) is 4.70. The molecule has 2 aliphatic rings. The summed E-state index contributed by atoms with van der Waals surface area (Å²) in [6.07, 6.45) is 1.53. The van der Waals surface area contributed by atoms with Crippen LogP contribution in [0.1, 0.15) is 27.5 Å². The van der Waals surface area contributed by atoms with Crippen molar-refractivity contribution in [3.8, 4) is 0 Å². The fourth-order valence-electron chi connectivity index (χ4n) is 4.70. The van der Waals surface area contributed by atoms with Crippen molar-refractivity contribution in [2.75, 3.05) is 39.5 Å². The second-order valence-electron chi connectivity index (χ2n) is 8.24. The normalized spacial score (nSPS) is 23.2. The summed E-state index contributed by atoms with van der Waals surface area (Å²) in [5.74, 6) is 0.845. The lowest BCUT2D eigenvalue weighted by atomic mass is 9.88. The van der Waals surface area contributed by atoms with Gasteiger partial charge in [-0.05, 0) is 30.2 Å². The largest absolute Gasteiger partial charge is 0.384 e. The number of nitrogens with two attached hydrogens (primary N) is 1. The lowest BCUT2D eigenvalue weighted by Gasteiger charge is -2.32. The number of amides is 3. The number of anilines is 1. The summed E-state index contributed by atoms with van der Waals surface area (Å²) in [6.45, 7) is 4.01. The first kappa shape index (κ1) is 19.2. The number of hydrogen-bond acceptors (Lipinski definition) is 4. The number of pyridine rings is 1. The monoisotopic (exact) mass is 393 g/mol. The smallest absolute Gasteiger partial charge is 0.320 e. The van der Waals surface area contributed by atoms with E-state index < -0.39 is 0 Å². The van der Waals surface area contributed by atoms with Gasteiger partial charge in [-0.2, -0.15) is 0 Å². The van der Waals surface area contributed by atoms with Gasteiger partial charge >= 0.3 is 6.03 Å². The summed E-state index contributed by atoms with van der Waals surface area (Å²) < 4.78 is 0. The average Bonchev–Trinajstić information content (AvgIpc) is 3.26. The van der Waals surface area contributed by atoms with Gasteiger partial charge in [-0.25, -0.2) is 9.78 Å². The van der Waals surface area contributed by atoms with Gasteiger partial charge in [-0.15, -0.1) is 0 Å². The quantitative estimate of drug-likeness (QED) is 0.849. The topological polar surface area (TPSA) is 82.8 Å². The maximum atomic E-state index is 13.0. The number of nitrogen functional groups attached to an aromatic ring is 1. The van der Waals surface area contributed by atoms with Crippen molar-refractivity contribution in [1.82, 2.24) is 19.7 Å². The molecule has 2 aliphatic heterocycles. The van der Waals surface area contributed by atoms with E-state index in [1.54, 1.807) is 31.1 Å². The van der Waals surface area contributed by atoms with Crippen molar-refractivity contribution in [1.29, 1.82) is 0 Å². The van der Waals surface area contributed by atoms with Crippen molar-refractivity contribution in [3.05, 3.63) is 59.3 Å². The third-order valence-electron chi connectivity index (χ3n) is 6.12. The molecule has 3 amide bonds. The molecule has 4 rings (SSSR count). The molecule has 2 aromatic rings. The molecule has 3 heterocycles. The van der Waals surface area contributed by atoms with Crippen LogP contribution in [0.2, 0.25) is 0 Å². The number of carbonyl (C=O) groups excluding carboxylic acids is 2. The van der Waals surface area contributed by atoms with Crippen molar-refractivity contribution in [3.63, 3.8) is 0 Å². The predicted octanol–water partition coefficient (Wildman–Crippen LogP) is 2.40. The number of fused-ring (bicyclic) bond motifs is 1. The van der Waals surface area contributed by atoms with Crippen LogP contribution in [0.3, 0.4) is 0 Å². The van der Waals surface area contributed by atoms with Gasteiger partial charge < -0.3 is 20.4 Å². The highest BCUT2D eigenvalue weighted by molar-refractivity contribution is 5.94. The van der Waals surface area contributed by atoms with Gasteiger partial charge in [-0.1, -0.05) is 24.3 Å². The second kappa shape index (κ2) is 7.39. The number of aromatic nitrogens is 1. The van der Waals surface area contributed by atoms with Gasteiger partial charge in [0.25, 0.3) is 5.91 Å². The van der Waals surface area contributed by atoms with Crippen LogP contribution in [0, 0.1) is 18.8 Å². The molecular formula is C22H27N5O2. The molecule has 0 radical (unpaired) electrons. The molecule has 7 heteroatoms. The van der Waals surface area contributed by atoms with Gasteiger partial charge in [0.15, 0.2) is 0 Å². The highest BCUT2D eigenvalue weighted by Crippen LogP contribution is 2.46. The van der Waals surface area contributed by atoms with Crippen LogP contribution in [0.15, 0.2) is 42.6 Å². The molecule has 7 nitrogen and oxygen atoms in total. The number of nitrogens with zero attached hydrogens (tertiary/aromatic N) is 4. The van der Waals surface area contributed by atoms with E-state index in [4.69, 9.17) is 5.73 Å². The van der Waals surface area contributed by atoms with Crippen molar-refractivity contribution in [2.24, 2.45) is 11.8 Å². The molecule has 0 aliphatic carbocycles. The SMILES string of the molecule is Cc1ccccc1[C@H]1[C@@H]2CN(C(=O)c3ccc(N)nc3)C[C@@H]2CN1C(=O)N(C)C. The number of urea groups is 1. The van der Waals surface area contributed by atoms with Gasteiger partial charge in [0.2, 0.25) is 0 Å². The minimum atomic E-state index is -0.0292. The Balaban J connectivity index is 1.62. The van der Waals surface area contributed by atoms with Crippen LogP contribution in [-0.4, -0.2) is 65.4 Å². The van der Waals surface area contributed by atoms with Crippen LogP contribution < -0.4 is 5.73 Å². The summed E-state index contributed by atoms with van der Waals surface area (Å²) in [7, 11) is 3.57. The molecule has 1 aromatic heterocycles. The Morgan fingerprint density at radius 1 is 1.10 bits per heavy atom. The summed E-state index contributed by atoms with van der Waals surface area (Å²) in [6, 6.07) is 11.6. The number of carbonyl (C=O) groups is 2. The molecule has 3 atom stereocenters. The third kappa shape index (κ3) is 3.41. The highest BCUT2D eigenvalue weighted by atomic mass is 16.2. The maximum absolute atomic E-state index is 13.0. The predicted molar refractivity (Wildman–Crippen MR) is 111 cm³/mol. The Kier molecular flexibility index (Phi) is 4.90. The standard InChI is InChI=1S/C22H27N5O2/c1-14-6-4-5-7-17(14)20-18-13-26(21(28)15-8-9-19(23)24-10-15)11-16(18)12-27(20)22(29)25(2)3/h4-10,16,18,20H,11-13H2,1-3H3,(H2,23,24)/t16-,18-,20+/m1/s1. The molecule has 2 saturated heterocycles. The van der Waals surface area contributed by atoms with Gasteiger partial charge in [0, 0.05) is 51.8 Å². The number of aryl methyl sites for hydroxylation is 1. The maximum Gasteiger partial charge on any atom is 0.320 e. The van der Waals surface area contributed by atoms with E-state index in [-0.39, 0.29) is 29.8 Å². The molecule has 0 unspecified atom stereocenters. The summed E-state index contributed by atoms with van der Waals surface area (Å²) in [4.78, 5) is 35.4. The lowest BCUT2D eigenvalue weighted by molar-refractivity contribution is 0.0766. The Hall–Kier alpha value is -3.09. The molecule has 0 spiro atoms. The minimum absolute atomic E-state index is 0.0215. The Morgan fingerprint density at radius 3 is 2.52 bits per heavy atom. The van der Waals surface area contributed by atoms with Crippen LogP contribution in [0.25, 0.3) is 0 Å². The van der Waals surface area contributed by atoms with E-state index in [0.717, 1.165) is 0 Å². The van der Waals surface area contributed by atoms with E-state index in [1.165, 1.54) is 17.3 Å². The van der Waals surface area contributed by atoms with Crippen LogP contribution in [0.5, 0.6) is 0 Å².